The number of Topliss-reactive ketones (excluding diaryl/α,β-unsaturated/α-hetero) is 1. The lowest BCUT2D eigenvalue weighted by molar-refractivity contribution is -0.118. The molecule has 0 bridgehead atoms. The van der Waals surface area contributed by atoms with Crippen molar-refractivity contribution < 1.29 is 9.59 Å². The van der Waals surface area contributed by atoms with Crippen molar-refractivity contribution in [3.63, 3.8) is 0 Å². The molecule has 1 amide bonds. The molecule has 1 aromatic rings. The second-order valence-corrected chi connectivity index (χ2v) is 4.82. The highest BCUT2D eigenvalue weighted by Crippen LogP contribution is 2.37. The van der Waals surface area contributed by atoms with Gasteiger partial charge in [-0.25, -0.2) is 0 Å². The molecule has 0 spiro atoms. The van der Waals surface area contributed by atoms with E-state index in [0.717, 1.165) is 11.1 Å². The zero-order chi connectivity index (χ0) is 12.6. The van der Waals surface area contributed by atoms with Crippen LogP contribution in [-0.4, -0.2) is 22.6 Å². The fourth-order valence-electron chi connectivity index (χ4n) is 2.49. The van der Waals surface area contributed by atoms with Crippen molar-refractivity contribution >= 4 is 11.7 Å². The summed E-state index contributed by atoms with van der Waals surface area (Å²) in [5.74, 6) is 0.159. The first-order valence-corrected chi connectivity index (χ1v) is 5.93. The number of rotatable bonds is 3. The standard InChI is InChI=1S/C14H17NO2/c1-9(2)15-13(8-10(3)16)11-6-4-5-7-12(11)14(15)17/h4-7,9,13H,8H2,1-3H3. The van der Waals surface area contributed by atoms with Crippen molar-refractivity contribution in [2.45, 2.75) is 39.3 Å². The van der Waals surface area contributed by atoms with Gasteiger partial charge in [-0.15, -0.1) is 0 Å². The van der Waals surface area contributed by atoms with Crippen molar-refractivity contribution in [3.05, 3.63) is 35.4 Å². The SMILES string of the molecule is CC(=O)CC1c2ccccc2C(=O)N1C(C)C. The predicted molar refractivity (Wildman–Crippen MR) is 65.8 cm³/mol. The van der Waals surface area contributed by atoms with E-state index < -0.39 is 0 Å². The molecule has 1 aliphatic rings. The van der Waals surface area contributed by atoms with Gasteiger partial charge < -0.3 is 4.90 Å². The Morgan fingerprint density at radius 3 is 2.59 bits per heavy atom. The Hall–Kier alpha value is -1.64. The van der Waals surface area contributed by atoms with E-state index in [1.807, 2.05) is 43.0 Å². The van der Waals surface area contributed by atoms with Gasteiger partial charge in [-0.1, -0.05) is 18.2 Å². The maximum absolute atomic E-state index is 12.2. The van der Waals surface area contributed by atoms with Crippen molar-refractivity contribution in [1.29, 1.82) is 0 Å². The molecule has 1 aliphatic heterocycles. The van der Waals surface area contributed by atoms with Gasteiger partial charge in [0.1, 0.15) is 5.78 Å². The van der Waals surface area contributed by atoms with Crippen molar-refractivity contribution in [2.75, 3.05) is 0 Å². The van der Waals surface area contributed by atoms with E-state index in [1.165, 1.54) is 0 Å². The van der Waals surface area contributed by atoms with Crippen LogP contribution in [0.4, 0.5) is 0 Å². The summed E-state index contributed by atoms with van der Waals surface area (Å²) in [5.41, 5.74) is 1.73. The second kappa shape index (κ2) is 4.32. The van der Waals surface area contributed by atoms with E-state index in [4.69, 9.17) is 0 Å². The van der Waals surface area contributed by atoms with Crippen molar-refractivity contribution in [2.24, 2.45) is 0 Å². The van der Waals surface area contributed by atoms with Gasteiger partial charge in [-0.3, -0.25) is 9.59 Å². The van der Waals surface area contributed by atoms with Crippen LogP contribution in [0.1, 0.15) is 49.2 Å². The maximum atomic E-state index is 12.2. The fourth-order valence-corrected chi connectivity index (χ4v) is 2.49. The highest BCUT2D eigenvalue weighted by Gasteiger charge is 2.38. The first-order chi connectivity index (χ1) is 8.02. The highest BCUT2D eigenvalue weighted by atomic mass is 16.2. The Kier molecular flexibility index (Phi) is 3.01. The molecule has 0 aliphatic carbocycles. The van der Waals surface area contributed by atoms with Crippen molar-refractivity contribution in [1.82, 2.24) is 4.90 Å². The van der Waals surface area contributed by atoms with Crippen molar-refractivity contribution in [3.8, 4) is 0 Å². The van der Waals surface area contributed by atoms with Gasteiger partial charge in [0.25, 0.3) is 5.91 Å². The molecule has 1 unspecified atom stereocenters. The summed E-state index contributed by atoms with van der Waals surface area (Å²) < 4.78 is 0. The zero-order valence-electron chi connectivity index (χ0n) is 10.4. The minimum atomic E-state index is -0.0869. The van der Waals surface area contributed by atoms with Gasteiger partial charge in [0.2, 0.25) is 0 Å². The van der Waals surface area contributed by atoms with E-state index in [0.29, 0.717) is 6.42 Å². The number of nitrogens with zero attached hydrogens (tertiary/aromatic N) is 1. The van der Waals surface area contributed by atoms with Gasteiger partial charge in [0, 0.05) is 18.0 Å². The fraction of sp³-hybridized carbons (Fsp3) is 0.429. The molecule has 2 rings (SSSR count). The molecule has 90 valence electrons. The largest absolute Gasteiger partial charge is 0.329 e. The molecule has 0 aromatic heterocycles. The monoisotopic (exact) mass is 231 g/mol. The average Bonchev–Trinajstić information content (AvgIpc) is 2.52. The van der Waals surface area contributed by atoms with Crippen LogP contribution < -0.4 is 0 Å². The average molecular weight is 231 g/mol. The minimum Gasteiger partial charge on any atom is -0.329 e. The van der Waals surface area contributed by atoms with Crippen LogP contribution >= 0.6 is 0 Å². The van der Waals surface area contributed by atoms with Crippen LogP contribution in [0.15, 0.2) is 24.3 Å². The molecule has 3 nitrogen and oxygen atoms in total. The Morgan fingerprint density at radius 2 is 2.00 bits per heavy atom. The highest BCUT2D eigenvalue weighted by molar-refractivity contribution is 6.00. The van der Waals surface area contributed by atoms with E-state index in [1.54, 1.807) is 6.92 Å². The zero-order valence-corrected chi connectivity index (χ0v) is 10.4. The number of ketones is 1. The third kappa shape index (κ3) is 1.97. The molecule has 0 radical (unpaired) electrons. The van der Waals surface area contributed by atoms with Crippen LogP contribution in [-0.2, 0) is 4.79 Å². The summed E-state index contributed by atoms with van der Waals surface area (Å²) in [4.78, 5) is 25.4. The number of carbonyl (C=O) groups is 2. The summed E-state index contributed by atoms with van der Waals surface area (Å²) in [6.07, 6.45) is 0.404. The normalized spacial score (nSPS) is 18.7. The number of carbonyl (C=O) groups excluding carboxylic acids is 2. The van der Waals surface area contributed by atoms with E-state index in [2.05, 4.69) is 0 Å². The van der Waals surface area contributed by atoms with Crippen LogP contribution in [0.3, 0.4) is 0 Å². The third-order valence-corrected chi connectivity index (χ3v) is 3.16. The quantitative estimate of drug-likeness (QED) is 0.801. The summed E-state index contributed by atoms with van der Waals surface area (Å²) in [6.45, 7) is 5.54. The molecular formula is C14H17NO2. The molecule has 1 atom stereocenters. The molecule has 3 heteroatoms. The first-order valence-electron chi connectivity index (χ1n) is 5.93. The van der Waals surface area contributed by atoms with Crippen LogP contribution in [0, 0.1) is 0 Å². The van der Waals surface area contributed by atoms with E-state index in [9.17, 15) is 9.59 Å². The molecule has 1 aromatic carbocycles. The Balaban J connectivity index is 2.45. The number of benzene rings is 1. The lowest BCUT2D eigenvalue weighted by Gasteiger charge is -2.28. The Labute approximate surface area is 101 Å². The molecule has 1 heterocycles. The number of hydrogen-bond acceptors (Lipinski definition) is 2. The lowest BCUT2D eigenvalue weighted by Crippen LogP contribution is -2.35. The summed E-state index contributed by atoms with van der Waals surface area (Å²) in [5, 5.41) is 0. The minimum absolute atomic E-state index is 0.0434. The topological polar surface area (TPSA) is 37.4 Å². The summed E-state index contributed by atoms with van der Waals surface area (Å²) in [6, 6.07) is 7.60. The number of amides is 1. The van der Waals surface area contributed by atoms with Gasteiger partial charge in [0.05, 0.1) is 6.04 Å². The molecule has 0 saturated carbocycles. The second-order valence-electron chi connectivity index (χ2n) is 4.82. The molecule has 17 heavy (non-hydrogen) atoms. The molecule has 0 N–H and O–H groups in total. The number of hydrogen-bond donors (Lipinski definition) is 0. The summed E-state index contributed by atoms with van der Waals surface area (Å²) >= 11 is 0. The van der Waals surface area contributed by atoms with E-state index >= 15 is 0 Å². The Bertz CT molecular complexity index is 465. The Morgan fingerprint density at radius 1 is 1.35 bits per heavy atom. The van der Waals surface area contributed by atoms with Crippen LogP contribution in [0.5, 0.6) is 0 Å². The van der Waals surface area contributed by atoms with Crippen LogP contribution in [0.25, 0.3) is 0 Å². The molecule has 0 fully saturated rings. The lowest BCUT2D eigenvalue weighted by atomic mass is 10.0. The smallest absolute Gasteiger partial charge is 0.254 e. The van der Waals surface area contributed by atoms with Gasteiger partial charge >= 0.3 is 0 Å². The maximum Gasteiger partial charge on any atom is 0.254 e. The van der Waals surface area contributed by atoms with Gasteiger partial charge in [-0.2, -0.15) is 0 Å². The summed E-state index contributed by atoms with van der Waals surface area (Å²) in [7, 11) is 0. The molecule has 0 saturated heterocycles. The molecular weight excluding hydrogens is 214 g/mol. The number of fused-ring (bicyclic) bond motifs is 1. The van der Waals surface area contributed by atoms with Gasteiger partial charge in [-0.05, 0) is 32.4 Å². The third-order valence-electron chi connectivity index (χ3n) is 3.16. The van der Waals surface area contributed by atoms with E-state index in [-0.39, 0.29) is 23.8 Å². The predicted octanol–water partition coefficient (Wildman–Crippen LogP) is 2.57. The van der Waals surface area contributed by atoms with Gasteiger partial charge in [0.15, 0.2) is 0 Å². The first kappa shape index (κ1) is 11.8. The van der Waals surface area contributed by atoms with Crippen LogP contribution in [0.2, 0.25) is 0 Å².